The summed E-state index contributed by atoms with van der Waals surface area (Å²) in [4.78, 5) is 11.7. The summed E-state index contributed by atoms with van der Waals surface area (Å²) in [6, 6.07) is 7.96. The van der Waals surface area contributed by atoms with E-state index in [1.807, 2.05) is 0 Å². The summed E-state index contributed by atoms with van der Waals surface area (Å²) in [6.45, 7) is 1.39. The average Bonchev–Trinajstić information content (AvgIpc) is 2.46. The minimum Gasteiger partial charge on any atom is -0.295 e. The molecule has 0 heterocycles. The standard InChI is InChI=1S/C15H13F2NO3S2/c1-9(19)10-2-3-11(14(6-10)18-23(20)21)8-22-15-5-4-12(16)7-13(15)17/h2-7,18H,8H2,1H3,(H,20,21). The lowest BCUT2D eigenvalue weighted by molar-refractivity contribution is 0.101. The number of rotatable bonds is 6. The Morgan fingerprint density at radius 3 is 2.61 bits per heavy atom. The third-order valence-electron chi connectivity index (χ3n) is 2.99. The van der Waals surface area contributed by atoms with Crippen molar-refractivity contribution >= 4 is 34.5 Å². The highest BCUT2D eigenvalue weighted by Crippen LogP contribution is 2.29. The maximum Gasteiger partial charge on any atom is 0.259 e. The van der Waals surface area contributed by atoms with E-state index in [-0.39, 0.29) is 16.4 Å². The zero-order valence-corrected chi connectivity index (χ0v) is 13.6. The molecule has 0 amide bonds. The van der Waals surface area contributed by atoms with Gasteiger partial charge in [-0.25, -0.2) is 13.0 Å². The van der Waals surface area contributed by atoms with E-state index in [0.717, 1.165) is 23.9 Å². The Kier molecular flexibility index (Phi) is 5.86. The summed E-state index contributed by atoms with van der Waals surface area (Å²) in [5, 5.41) is 0. The first kappa shape index (κ1) is 17.6. The molecule has 2 aromatic carbocycles. The Bertz CT molecular complexity index is 768. The van der Waals surface area contributed by atoms with Crippen molar-refractivity contribution in [3.63, 3.8) is 0 Å². The first-order valence-electron chi connectivity index (χ1n) is 6.46. The zero-order chi connectivity index (χ0) is 17.0. The molecule has 0 bridgehead atoms. The number of hydrogen-bond acceptors (Lipinski definition) is 3. The van der Waals surface area contributed by atoms with E-state index in [4.69, 9.17) is 4.55 Å². The highest BCUT2D eigenvalue weighted by molar-refractivity contribution is 7.98. The van der Waals surface area contributed by atoms with Crippen LogP contribution >= 0.6 is 11.8 Å². The van der Waals surface area contributed by atoms with Gasteiger partial charge in [-0.2, -0.15) is 0 Å². The van der Waals surface area contributed by atoms with Crippen LogP contribution in [0.1, 0.15) is 22.8 Å². The lowest BCUT2D eigenvalue weighted by Gasteiger charge is -2.11. The fourth-order valence-corrected chi connectivity index (χ4v) is 3.16. The normalized spacial score (nSPS) is 12.0. The number of thioether (sulfide) groups is 1. The molecule has 0 spiro atoms. The van der Waals surface area contributed by atoms with Crippen LogP contribution in [0.2, 0.25) is 0 Å². The van der Waals surface area contributed by atoms with Crippen molar-refractivity contribution in [1.29, 1.82) is 0 Å². The van der Waals surface area contributed by atoms with Crippen LogP contribution in [0.3, 0.4) is 0 Å². The van der Waals surface area contributed by atoms with Gasteiger partial charge in [0, 0.05) is 22.3 Å². The third kappa shape index (κ3) is 4.85. The maximum atomic E-state index is 13.6. The molecule has 0 aliphatic carbocycles. The molecular weight excluding hydrogens is 344 g/mol. The lowest BCUT2D eigenvalue weighted by Crippen LogP contribution is -2.06. The van der Waals surface area contributed by atoms with E-state index in [2.05, 4.69) is 4.72 Å². The van der Waals surface area contributed by atoms with Crippen molar-refractivity contribution in [3.05, 3.63) is 59.2 Å². The molecule has 0 saturated heterocycles. The van der Waals surface area contributed by atoms with E-state index in [1.54, 1.807) is 12.1 Å². The third-order valence-corrected chi connectivity index (χ3v) is 4.48. The number of carbonyl (C=O) groups excluding carboxylic acids is 1. The van der Waals surface area contributed by atoms with Gasteiger partial charge in [0.2, 0.25) is 0 Å². The summed E-state index contributed by atoms with van der Waals surface area (Å²) in [7, 11) is 0. The fraction of sp³-hybridized carbons (Fsp3) is 0.133. The molecule has 2 aromatic rings. The maximum absolute atomic E-state index is 13.6. The van der Waals surface area contributed by atoms with E-state index < -0.39 is 22.9 Å². The average molecular weight is 357 g/mol. The summed E-state index contributed by atoms with van der Waals surface area (Å²) in [6.07, 6.45) is 0. The second kappa shape index (κ2) is 7.67. The van der Waals surface area contributed by atoms with E-state index in [1.165, 1.54) is 19.1 Å². The van der Waals surface area contributed by atoms with E-state index >= 15 is 0 Å². The fourth-order valence-electron chi connectivity index (χ4n) is 1.86. The van der Waals surface area contributed by atoms with Gasteiger partial charge in [-0.05, 0) is 30.7 Å². The Morgan fingerprint density at radius 1 is 1.26 bits per heavy atom. The van der Waals surface area contributed by atoms with Gasteiger partial charge in [-0.15, -0.1) is 11.8 Å². The molecule has 0 radical (unpaired) electrons. The van der Waals surface area contributed by atoms with Gasteiger partial charge < -0.3 is 0 Å². The molecule has 0 aliphatic rings. The van der Waals surface area contributed by atoms with E-state index in [9.17, 15) is 17.8 Å². The van der Waals surface area contributed by atoms with Gasteiger partial charge in [0.1, 0.15) is 11.6 Å². The largest absolute Gasteiger partial charge is 0.295 e. The highest BCUT2D eigenvalue weighted by atomic mass is 32.2. The summed E-state index contributed by atoms with van der Waals surface area (Å²) < 4.78 is 48.8. The summed E-state index contributed by atoms with van der Waals surface area (Å²) >= 11 is -1.18. The number of halogens is 2. The topological polar surface area (TPSA) is 66.4 Å². The van der Waals surface area contributed by atoms with Crippen molar-refractivity contribution in [2.24, 2.45) is 0 Å². The Labute approximate surface area is 138 Å². The van der Waals surface area contributed by atoms with Crippen LogP contribution < -0.4 is 4.72 Å². The van der Waals surface area contributed by atoms with Crippen molar-refractivity contribution in [2.75, 3.05) is 4.72 Å². The zero-order valence-electron chi connectivity index (χ0n) is 12.0. The molecule has 8 heteroatoms. The number of nitrogens with one attached hydrogen (secondary N) is 1. The van der Waals surface area contributed by atoms with E-state index in [0.29, 0.717) is 16.8 Å². The smallest absolute Gasteiger partial charge is 0.259 e. The molecule has 1 atom stereocenters. The highest BCUT2D eigenvalue weighted by Gasteiger charge is 2.11. The second-order valence-corrected chi connectivity index (χ2v) is 6.36. The molecule has 1 unspecified atom stereocenters. The first-order chi connectivity index (χ1) is 10.9. The van der Waals surface area contributed by atoms with Crippen LogP contribution in [-0.4, -0.2) is 14.5 Å². The monoisotopic (exact) mass is 357 g/mol. The van der Waals surface area contributed by atoms with Gasteiger partial charge in [0.05, 0.1) is 5.69 Å². The molecule has 0 saturated carbocycles. The van der Waals surface area contributed by atoms with Crippen LogP contribution in [0, 0.1) is 11.6 Å². The number of ketones is 1. The summed E-state index contributed by atoms with van der Waals surface area (Å²) in [5.41, 5.74) is 1.32. The number of hydrogen-bond donors (Lipinski definition) is 2. The molecule has 0 aromatic heterocycles. The molecule has 2 N–H and O–H groups in total. The van der Waals surface area contributed by atoms with Crippen LogP contribution in [0.5, 0.6) is 0 Å². The number of Topliss-reactive ketones (excluding diaryl/α,β-unsaturated/α-hetero) is 1. The van der Waals surface area contributed by atoms with Gasteiger partial charge in [0.25, 0.3) is 11.3 Å². The van der Waals surface area contributed by atoms with Gasteiger partial charge >= 0.3 is 0 Å². The van der Waals surface area contributed by atoms with Crippen LogP contribution in [0.15, 0.2) is 41.3 Å². The molecule has 23 heavy (non-hydrogen) atoms. The summed E-state index contributed by atoms with van der Waals surface area (Å²) in [5.74, 6) is -1.23. The Morgan fingerprint density at radius 2 is 2.00 bits per heavy atom. The molecule has 0 aliphatic heterocycles. The number of carbonyl (C=O) groups is 1. The van der Waals surface area contributed by atoms with Crippen LogP contribution in [0.25, 0.3) is 0 Å². The molecule has 0 fully saturated rings. The SMILES string of the molecule is CC(=O)c1ccc(CSc2ccc(F)cc2F)c(NS(=O)O)c1. The predicted molar refractivity (Wildman–Crippen MR) is 86.8 cm³/mol. The molecule has 4 nitrogen and oxygen atoms in total. The molecular formula is C15H13F2NO3S2. The van der Waals surface area contributed by atoms with Crippen molar-refractivity contribution in [1.82, 2.24) is 0 Å². The second-order valence-electron chi connectivity index (χ2n) is 4.64. The quantitative estimate of drug-likeness (QED) is 0.466. The first-order valence-corrected chi connectivity index (χ1v) is 8.55. The van der Waals surface area contributed by atoms with Crippen molar-refractivity contribution < 1.29 is 22.3 Å². The lowest BCUT2D eigenvalue weighted by atomic mass is 10.1. The molecule has 2 rings (SSSR count). The number of anilines is 1. The van der Waals surface area contributed by atoms with Crippen LogP contribution in [-0.2, 0) is 17.0 Å². The Hall–Kier alpha value is -1.77. The molecule has 122 valence electrons. The minimum absolute atomic E-state index is 0.180. The van der Waals surface area contributed by atoms with Gasteiger partial charge in [-0.3, -0.25) is 14.1 Å². The Balaban J connectivity index is 2.24. The van der Waals surface area contributed by atoms with Crippen molar-refractivity contribution in [2.45, 2.75) is 17.6 Å². The number of benzene rings is 2. The predicted octanol–water partition coefficient (Wildman–Crippen LogP) is 4.01. The van der Waals surface area contributed by atoms with Crippen molar-refractivity contribution in [3.8, 4) is 0 Å². The minimum atomic E-state index is -2.30. The van der Waals surface area contributed by atoms with Gasteiger partial charge in [0.15, 0.2) is 5.78 Å². The van der Waals surface area contributed by atoms with Crippen LogP contribution in [0.4, 0.5) is 14.5 Å². The van der Waals surface area contributed by atoms with Gasteiger partial charge in [-0.1, -0.05) is 12.1 Å².